The van der Waals surface area contributed by atoms with E-state index >= 15 is 0 Å². The minimum atomic E-state index is -1.07. The molecule has 388 valence electrons. The molecule has 0 aromatic heterocycles. The highest BCUT2D eigenvalue weighted by Gasteiger charge is 2.53. The van der Waals surface area contributed by atoms with E-state index in [1.165, 1.54) is 48.5 Å². The van der Waals surface area contributed by atoms with Gasteiger partial charge in [0.1, 0.15) is 23.3 Å². The van der Waals surface area contributed by atoms with Gasteiger partial charge in [0.2, 0.25) is 0 Å². The summed E-state index contributed by atoms with van der Waals surface area (Å²) in [5.74, 6) is -1.34. The van der Waals surface area contributed by atoms with Crippen LogP contribution in [0.3, 0.4) is 0 Å². The summed E-state index contributed by atoms with van der Waals surface area (Å²) in [6, 6.07) is 93.4. The molecule has 12 aromatic carbocycles. The van der Waals surface area contributed by atoms with Gasteiger partial charge in [-0.05, 0) is 239 Å². The van der Waals surface area contributed by atoms with Gasteiger partial charge in [0.05, 0.1) is 5.41 Å². The number of nitrogens with zero attached hydrogens (tertiary/aromatic N) is 4. The molecule has 0 saturated carbocycles. The molecule has 0 atom stereocenters. The second kappa shape index (κ2) is 20.1. The van der Waals surface area contributed by atoms with E-state index in [1.807, 2.05) is 72.8 Å². The maximum atomic E-state index is 14.9. The molecule has 0 unspecified atom stereocenters. The van der Waals surface area contributed by atoms with Gasteiger partial charge in [-0.2, -0.15) is 0 Å². The van der Waals surface area contributed by atoms with Gasteiger partial charge in [-0.25, -0.2) is 17.6 Å². The van der Waals surface area contributed by atoms with Crippen molar-refractivity contribution in [2.75, 3.05) is 19.6 Å². The Morgan fingerprint density at radius 1 is 0.185 bits per heavy atom. The molecule has 81 heavy (non-hydrogen) atoms. The monoisotopic (exact) mass is 1060 g/mol. The molecule has 0 N–H and O–H groups in total. The van der Waals surface area contributed by atoms with E-state index in [2.05, 4.69) is 141 Å². The summed E-state index contributed by atoms with van der Waals surface area (Å²) in [5, 5.41) is 0. The Morgan fingerprint density at radius 2 is 0.358 bits per heavy atom. The van der Waals surface area contributed by atoms with Crippen molar-refractivity contribution >= 4 is 68.2 Å². The van der Waals surface area contributed by atoms with Gasteiger partial charge in [-0.3, -0.25) is 0 Å². The zero-order chi connectivity index (χ0) is 54.6. The third-order valence-electron chi connectivity index (χ3n) is 15.6. The SMILES string of the molecule is Fc1ccc(N(c2ccccc2)c2ccc3c(c2)C2(c4cc(N(c5ccccc5)c5ccc(F)cc5)ccc4-3)c3cc(N(c4ccccc4)c4ccc(F)cc4)ccc3-c3ccc(N(c4ccccc4)c4ccc(F)cc4)cc32)cc1. The number of hydrogen-bond donors (Lipinski definition) is 0. The van der Waals surface area contributed by atoms with Crippen molar-refractivity contribution < 1.29 is 17.6 Å². The van der Waals surface area contributed by atoms with Crippen LogP contribution in [0.25, 0.3) is 22.3 Å². The molecule has 0 amide bonds. The predicted octanol–water partition coefficient (Wildman–Crippen LogP) is 20.5. The largest absolute Gasteiger partial charge is 0.310 e. The molecular formula is C73H48F4N4. The molecule has 14 rings (SSSR count). The van der Waals surface area contributed by atoms with Crippen LogP contribution in [-0.2, 0) is 5.41 Å². The predicted molar refractivity (Wildman–Crippen MR) is 321 cm³/mol. The Bertz CT molecular complexity index is 3700. The lowest BCUT2D eigenvalue weighted by molar-refractivity contribution is 0.627. The highest BCUT2D eigenvalue weighted by atomic mass is 19.1. The number of hydrogen-bond acceptors (Lipinski definition) is 4. The highest BCUT2D eigenvalue weighted by molar-refractivity contribution is 6.00. The second-order valence-corrected chi connectivity index (χ2v) is 20.3. The number of halogens is 4. The maximum absolute atomic E-state index is 14.9. The molecule has 0 heterocycles. The lowest BCUT2D eigenvalue weighted by atomic mass is 9.70. The fraction of sp³-hybridized carbons (Fsp3) is 0.0137. The average Bonchev–Trinajstić information content (AvgIpc) is 2.55. The second-order valence-electron chi connectivity index (χ2n) is 20.3. The molecule has 0 aliphatic heterocycles. The first-order chi connectivity index (χ1) is 39.8. The highest BCUT2D eigenvalue weighted by Crippen LogP contribution is 2.65. The number of benzene rings is 12. The minimum Gasteiger partial charge on any atom is -0.310 e. The zero-order valence-electron chi connectivity index (χ0n) is 43.5. The van der Waals surface area contributed by atoms with Crippen LogP contribution < -0.4 is 19.6 Å². The van der Waals surface area contributed by atoms with Crippen molar-refractivity contribution in [3.05, 3.63) is 337 Å². The van der Waals surface area contributed by atoms with Crippen LogP contribution in [0.1, 0.15) is 22.3 Å². The van der Waals surface area contributed by atoms with Crippen LogP contribution in [0.15, 0.2) is 291 Å². The molecule has 12 aromatic rings. The van der Waals surface area contributed by atoms with E-state index in [-0.39, 0.29) is 23.3 Å². The summed E-state index contributed by atoms with van der Waals surface area (Å²) in [4.78, 5) is 8.64. The lowest BCUT2D eigenvalue weighted by Gasteiger charge is -2.35. The normalized spacial score (nSPS) is 12.3. The number of rotatable bonds is 12. The minimum absolute atomic E-state index is 0.336. The smallest absolute Gasteiger partial charge is 0.123 e. The molecule has 0 fully saturated rings. The third kappa shape index (κ3) is 8.47. The Hall–Kier alpha value is -10.4. The Labute approximate surface area is 467 Å². The Balaban J connectivity index is 1.10. The van der Waals surface area contributed by atoms with E-state index in [1.54, 1.807) is 48.5 Å². The van der Waals surface area contributed by atoms with Gasteiger partial charge in [0.25, 0.3) is 0 Å². The summed E-state index contributed by atoms with van der Waals surface area (Å²) in [5.41, 5.74) is 17.1. The molecule has 1 spiro atoms. The van der Waals surface area contributed by atoms with Crippen LogP contribution in [0, 0.1) is 23.3 Å². The molecular weight excluding hydrogens is 1010 g/mol. The number of anilines is 12. The van der Waals surface area contributed by atoms with Crippen molar-refractivity contribution in [2.45, 2.75) is 5.41 Å². The summed E-state index contributed by atoms with van der Waals surface area (Å²) >= 11 is 0. The van der Waals surface area contributed by atoms with Crippen LogP contribution >= 0.6 is 0 Å². The van der Waals surface area contributed by atoms with Gasteiger partial charge < -0.3 is 19.6 Å². The average molecular weight is 1060 g/mol. The van der Waals surface area contributed by atoms with Crippen LogP contribution in [0.2, 0.25) is 0 Å². The van der Waals surface area contributed by atoms with Gasteiger partial charge in [0, 0.05) is 68.2 Å². The molecule has 4 nitrogen and oxygen atoms in total. The molecule has 8 heteroatoms. The first-order valence-corrected chi connectivity index (χ1v) is 26.8. The van der Waals surface area contributed by atoms with Crippen molar-refractivity contribution in [2.24, 2.45) is 0 Å². The van der Waals surface area contributed by atoms with Crippen molar-refractivity contribution in [1.29, 1.82) is 0 Å². The maximum Gasteiger partial charge on any atom is 0.123 e. The molecule has 2 aliphatic carbocycles. The van der Waals surface area contributed by atoms with Crippen molar-refractivity contribution in [3.8, 4) is 22.3 Å². The summed E-state index contributed by atoms with van der Waals surface area (Å²) in [7, 11) is 0. The van der Waals surface area contributed by atoms with Crippen LogP contribution in [0.5, 0.6) is 0 Å². The van der Waals surface area contributed by atoms with Gasteiger partial charge in [0.15, 0.2) is 0 Å². The van der Waals surface area contributed by atoms with Gasteiger partial charge >= 0.3 is 0 Å². The Morgan fingerprint density at radius 3 is 0.556 bits per heavy atom. The zero-order valence-corrected chi connectivity index (χ0v) is 43.5. The lowest BCUT2D eigenvalue weighted by Crippen LogP contribution is -2.27. The standard InChI is InChI=1S/C73H48F4N4/c74-49-21-29-57(30-22-49)78(53-13-5-1-6-14-53)61-37-41-65-66-42-38-62(79(54-15-7-2-8-16-54)58-31-23-50(75)24-32-58)46-70(66)73(69(65)45-61)71-47-63(80(55-17-9-3-10-18-55)59-33-25-51(76)26-34-59)39-43-67(71)68-44-40-64(48-72(68)73)81(56-19-11-4-12-20-56)60-35-27-52(77)28-36-60/h1-48H. The Kier molecular flexibility index (Phi) is 12.1. The van der Waals surface area contributed by atoms with Crippen LogP contribution in [-0.4, -0.2) is 0 Å². The van der Waals surface area contributed by atoms with E-state index in [4.69, 9.17) is 0 Å². The van der Waals surface area contributed by atoms with Crippen molar-refractivity contribution in [3.63, 3.8) is 0 Å². The van der Waals surface area contributed by atoms with E-state index in [0.717, 1.165) is 113 Å². The molecule has 0 radical (unpaired) electrons. The number of para-hydroxylation sites is 4. The topological polar surface area (TPSA) is 13.0 Å². The van der Waals surface area contributed by atoms with E-state index < -0.39 is 5.41 Å². The van der Waals surface area contributed by atoms with E-state index in [0.29, 0.717) is 0 Å². The third-order valence-corrected chi connectivity index (χ3v) is 15.6. The fourth-order valence-electron chi connectivity index (χ4n) is 12.2. The summed E-state index contributed by atoms with van der Waals surface area (Å²) in [6.45, 7) is 0. The number of fused-ring (bicyclic) bond motifs is 10. The quantitative estimate of drug-likeness (QED) is 0.113. The van der Waals surface area contributed by atoms with Gasteiger partial charge in [-0.1, -0.05) is 97.1 Å². The van der Waals surface area contributed by atoms with Gasteiger partial charge in [-0.15, -0.1) is 0 Å². The fourth-order valence-corrected chi connectivity index (χ4v) is 12.2. The molecule has 0 saturated heterocycles. The first kappa shape index (κ1) is 48.9. The van der Waals surface area contributed by atoms with Crippen LogP contribution in [0.4, 0.5) is 85.8 Å². The van der Waals surface area contributed by atoms with Crippen molar-refractivity contribution in [1.82, 2.24) is 0 Å². The molecule has 0 bridgehead atoms. The summed E-state index contributed by atoms with van der Waals surface area (Å²) in [6.07, 6.45) is 0. The first-order valence-electron chi connectivity index (χ1n) is 26.8. The molecule has 2 aliphatic rings. The van der Waals surface area contributed by atoms with E-state index in [9.17, 15) is 17.6 Å². The summed E-state index contributed by atoms with van der Waals surface area (Å²) < 4.78 is 59.4.